The van der Waals surface area contributed by atoms with Crippen molar-refractivity contribution >= 4 is 16.9 Å². The van der Waals surface area contributed by atoms with Crippen molar-refractivity contribution in [1.29, 1.82) is 0 Å². The summed E-state index contributed by atoms with van der Waals surface area (Å²) in [5.41, 5.74) is 2.20. The molecule has 4 heterocycles. The van der Waals surface area contributed by atoms with Gasteiger partial charge in [0, 0.05) is 32.3 Å². The number of aryl methyl sites for hydroxylation is 3. The number of fused-ring (bicyclic) bond motifs is 1. The van der Waals surface area contributed by atoms with E-state index in [9.17, 15) is 0 Å². The molecule has 5 rings (SSSR count). The molecular weight excluding hydrogens is 404 g/mol. The van der Waals surface area contributed by atoms with Gasteiger partial charge in [-0.1, -0.05) is 12.1 Å². The third-order valence-electron chi connectivity index (χ3n) is 5.82. The van der Waals surface area contributed by atoms with Crippen LogP contribution < -0.4 is 4.90 Å². The Morgan fingerprint density at radius 1 is 0.969 bits per heavy atom. The van der Waals surface area contributed by atoms with Crippen LogP contribution >= 0.6 is 0 Å². The van der Waals surface area contributed by atoms with Gasteiger partial charge in [0.25, 0.3) is 0 Å². The number of nitrogens with zero attached hydrogens (tertiary/aromatic N) is 8. The number of imidazole rings is 1. The van der Waals surface area contributed by atoms with Crippen LogP contribution in [0, 0.1) is 20.8 Å². The van der Waals surface area contributed by atoms with Gasteiger partial charge >= 0.3 is 0 Å². The summed E-state index contributed by atoms with van der Waals surface area (Å²) in [7, 11) is 0. The first-order valence-electron chi connectivity index (χ1n) is 11.1. The lowest BCUT2D eigenvalue weighted by atomic mass is 9.99. The first-order chi connectivity index (χ1) is 15.5. The summed E-state index contributed by atoms with van der Waals surface area (Å²) in [5.74, 6) is 5.39. The number of rotatable bonds is 7. The maximum Gasteiger partial charge on any atom is 0.161 e. The van der Waals surface area contributed by atoms with Gasteiger partial charge < -0.3 is 14.2 Å². The van der Waals surface area contributed by atoms with Crippen LogP contribution in [0.2, 0.25) is 0 Å². The number of para-hydroxylation sites is 2. The van der Waals surface area contributed by atoms with Gasteiger partial charge in [0.05, 0.1) is 23.6 Å². The number of hydrogen-bond acceptors (Lipinski definition) is 7. The molecule has 9 nitrogen and oxygen atoms in total. The highest BCUT2D eigenvalue weighted by atomic mass is 16.5. The van der Waals surface area contributed by atoms with E-state index in [4.69, 9.17) is 9.72 Å². The lowest BCUT2D eigenvalue weighted by Gasteiger charge is -2.40. The van der Waals surface area contributed by atoms with Crippen molar-refractivity contribution in [3.8, 4) is 5.82 Å². The maximum absolute atomic E-state index is 5.62. The van der Waals surface area contributed by atoms with Crippen LogP contribution in [0.1, 0.15) is 36.1 Å². The Balaban J connectivity index is 1.39. The van der Waals surface area contributed by atoms with Crippen molar-refractivity contribution < 1.29 is 4.74 Å². The first-order valence-corrected chi connectivity index (χ1v) is 11.1. The molecule has 1 fully saturated rings. The second-order valence-corrected chi connectivity index (χ2v) is 8.16. The average molecular weight is 433 g/mol. The fourth-order valence-corrected chi connectivity index (χ4v) is 4.31. The van der Waals surface area contributed by atoms with Crippen molar-refractivity contribution in [3.05, 3.63) is 53.6 Å². The second kappa shape index (κ2) is 8.31. The molecule has 0 atom stereocenters. The molecule has 166 valence electrons. The molecule has 1 aliphatic rings. The highest BCUT2D eigenvalue weighted by molar-refractivity contribution is 5.76. The Morgan fingerprint density at radius 2 is 1.75 bits per heavy atom. The minimum Gasteiger partial charge on any atom is -0.380 e. The van der Waals surface area contributed by atoms with E-state index in [-0.39, 0.29) is 0 Å². The van der Waals surface area contributed by atoms with Crippen molar-refractivity contribution in [2.24, 2.45) is 0 Å². The predicted molar refractivity (Wildman–Crippen MR) is 122 cm³/mol. The minimum absolute atomic E-state index is 0.345. The van der Waals surface area contributed by atoms with E-state index >= 15 is 0 Å². The molecule has 0 amide bonds. The molecule has 1 saturated heterocycles. The van der Waals surface area contributed by atoms with E-state index in [1.165, 1.54) is 0 Å². The molecule has 1 aliphatic heterocycles. The van der Waals surface area contributed by atoms with Gasteiger partial charge in [0.1, 0.15) is 29.1 Å². The third-order valence-corrected chi connectivity index (χ3v) is 5.82. The molecule has 3 aromatic heterocycles. The van der Waals surface area contributed by atoms with Crippen LogP contribution in [0.25, 0.3) is 16.9 Å². The summed E-state index contributed by atoms with van der Waals surface area (Å²) in [6.07, 6.45) is 0. The molecule has 1 aromatic carbocycles. The zero-order valence-electron chi connectivity index (χ0n) is 19.0. The average Bonchev–Trinajstić information content (AvgIpc) is 3.26. The Morgan fingerprint density at radius 3 is 2.50 bits per heavy atom. The molecule has 4 aromatic rings. The molecule has 0 spiro atoms. The molecule has 0 bridgehead atoms. The molecule has 0 saturated carbocycles. The Hall–Kier alpha value is -3.33. The van der Waals surface area contributed by atoms with Crippen LogP contribution in [-0.2, 0) is 11.3 Å². The van der Waals surface area contributed by atoms with Gasteiger partial charge in [-0.15, -0.1) is 5.10 Å². The number of benzene rings is 1. The molecular formula is C23H28N8O. The van der Waals surface area contributed by atoms with Gasteiger partial charge in [-0.05, 0) is 39.8 Å². The van der Waals surface area contributed by atoms with E-state index in [1.807, 2.05) is 39.8 Å². The second-order valence-electron chi connectivity index (χ2n) is 8.16. The smallest absolute Gasteiger partial charge is 0.161 e. The van der Waals surface area contributed by atoms with E-state index in [2.05, 4.69) is 47.7 Å². The molecule has 0 aliphatic carbocycles. The van der Waals surface area contributed by atoms with Crippen LogP contribution in [0.4, 0.5) is 5.82 Å². The predicted octanol–water partition coefficient (Wildman–Crippen LogP) is 2.97. The SMILES string of the molecule is CCOCCn1c(C2CN(c3cc(-n4nc(C)nc4C)nc(C)n3)C2)nc2ccccc21. The zero-order valence-corrected chi connectivity index (χ0v) is 19.0. The summed E-state index contributed by atoms with van der Waals surface area (Å²) >= 11 is 0. The number of hydrogen-bond donors (Lipinski definition) is 0. The number of anilines is 1. The maximum atomic E-state index is 5.62. The van der Waals surface area contributed by atoms with E-state index < -0.39 is 0 Å². The highest BCUT2D eigenvalue weighted by Gasteiger charge is 2.33. The molecule has 32 heavy (non-hydrogen) atoms. The van der Waals surface area contributed by atoms with Crippen molar-refractivity contribution in [2.45, 2.75) is 40.2 Å². The standard InChI is InChI=1S/C23H28N8O/c1-5-32-11-10-30-20-9-7-6-8-19(20)27-23(30)18-13-29(14-18)21-12-22(26-15(2)25-21)31-17(4)24-16(3)28-31/h6-9,12,18H,5,10-11,13-14H2,1-4H3. The van der Waals surface area contributed by atoms with Gasteiger partial charge in [0.2, 0.25) is 0 Å². The van der Waals surface area contributed by atoms with E-state index in [0.29, 0.717) is 12.5 Å². The summed E-state index contributed by atoms with van der Waals surface area (Å²) in [6.45, 7) is 11.7. The monoisotopic (exact) mass is 432 g/mol. The van der Waals surface area contributed by atoms with Crippen LogP contribution in [0.15, 0.2) is 30.3 Å². The van der Waals surface area contributed by atoms with Crippen molar-refractivity contribution in [3.63, 3.8) is 0 Å². The van der Waals surface area contributed by atoms with Gasteiger partial charge in [0.15, 0.2) is 5.82 Å². The highest BCUT2D eigenvalue weighted by Crippen LogP contribution is 2.32. The summed E-state index contributed by atoms with van der Waals surface area (Å²) in [6, 6.07) is 10.3. The third kappa shape index (κ3) is 3.73. The lowest BCUT2D eigenvalue weighted by Crippen LogP contribution is -2.46. The van der Waals surface area contributed by atoms with Crippen LogP contribution in [0.3, 0.4) is 0 Å². The van der Waals surface area contributed by atoms with Crippen molar-refractivity contribution in [2.75, 3.05) is 31.2 Å². The Bertz CT molecular complexity index is 1250. The Labute approximate surface area is 187 Å². The molecule has 0 unspecified atom stereocenters. The number of aromatic nitrogens is 7. The normalized spacial score (nSPS) is 14.3. The van der Waals surface area contributed by atoms with Gasteiger partial charge in [-0.2, -0.15) is 4.68 Å². The summed E-state index contributed by atoms with van der Waals surface area (Å²) in [5, 5.41) is 4.47. The molecule has 0 radical (unpaired) electrons. The fourth-order valence-electron chi connectivity index (χ4n) is 4.31. The van der Waals surface area contributed by atoms with Gasteiger partial charge in [-0.3, -0.25) is 0 Å². The van der Waals surface area contributed by atoms with Crippen LogP contribution in [0.5, 0.6) is 0 Å². The quantitative estimate of drug-likeness (QED) is 0.415. The largest absolute Gasteiger partial charge is 0.380 e. The molecule has 9 heteroatoms. The lowest BCUT2D eigenvalue weighted by molar-refractivity contribution is 0.138. The minimum atomic E-state index is 0.345. The van der Waals surface area contributed by atoms with E-state index in [1.54, 1.807) is 4.68 Å². The Kier molecular flexibility index (Phi) is 5.34. The number of ether oxygens (including phenoxy) is 1. The molecule has 0 N–H and O–H groups in total. The van der Waals surface area contributed by atoms with Crippen LogP contribution in [-0.4, -0.2) is 60.6 Å². The topological polar surface area (TPSA) is 86.8 Å². The van der Waals surface area contributed by atoms with Crippen molar-refractivity contribution in [1.82, 2.24) is 34.3 Å². The summed E-state index contributed by atoms with van der Waals surface area (Å²) in [4.78, 5) is 20.9. The fraction of sp³-hybridized carbons (Fsp3) is 0.435. The first kappa shape index (κ1) is 20.6. The van der Waals surface area contributed by atoms with Gasteiger partial charge in [-0.25, -0.2) is 19.9 Å². The summed E-state index contributed by atoms with van der Waals surface area (Å²) < 4.78 is 9.71. The zero-order chi connectivity index (χ0) is 22.2. The van der Waals surface area contributed by atoms with E-state index in [0.717, 1.165) is 72.2 Å².